The third-order valence-corrected chi connectivity index (χ3v) is 8.40. The van der Waals surface area contributed by atoms with E-state index in [4.69, 9.17) is 9.88 Å². The number of methoxy groups -OCH3 is 1. The number of benzene rings is 1. The first-order valence-electron chi connectivity index (χ1n) is 11.1. The molecular weight excluding hydrogens is 476 g/mol. The van der Waals surface area contributed by atoms with E-state index < -0.39 is 15.9 Å². The highest BCUT2D eigenvalue weighted by molar-refractivity contribution is 7.89. The van der Waals surface area contributed by atoms with Crippen molar-refractivity contribution in [3.8, 4) is 5.75 Å². The molecule has 1 aliphatic heterocycles. The molecule has 2 atom stereocenters. The summed E-state index contributed by atoms with van der Waals surface area (Å²) in [6.45, 7) is 0.534. The van der Waals surface area contributed by atoms with Gasteiger partial charge < -0.3 is 19.9 Å². The Morgan fingerprint density at radius 2 is 2.00 bits per heavy atom. The molecule has 1 saturated heterocycles. The van der Waals surface area contributed by atoms with Crippen molar-refractivity contribution in [3.05, 3.63) is 47.0 Å². The second kappa shape index (κ2) is 8.71. The number of sulfonamides is 1. The van der Waals surface area contributed by atoms with E-state index in [2.05, 4.69) is 10.3 Å². The van der Waals surface area contributed by atoms with Crippen LogP contribution in [0.3, 0.4) is 0 Å². The monoisotopic (exact) mass is 502 g/mol. The number of hydrogen-bond acceptors (Lipinski definition) is 6. The van der Waals surface area contributed by atoms with E-state index in [0.29, 0.717) is 31.0 Å². The summed E-state index contributed by atoms with van der Waals surface area (Å²) in [5, 5.41) is 10.2. The number of primary sulfonamides is 1. The van der Waals surface area contributed by atoms with Crippen LogP contribution in [-0.2, 0) is 10.0 Å². The van der Waals surface area contributed by atoms with Crippen molar-refractivity contribution in [3.63, 3.8) is 0 Å². The Hall–Kier alpha value is -2.89. The lowest BCUT2D eigenvalue weighted by Gasteiger charge is -2.40. The number of likely N-dealkylation sites (tertiary alicyclic amines) is 1. The summed E-state index contributed by atoms with van der Waals surface area (Å²) < 4.78 is 29.8. The molecule has 5 rings (SSSR count). The van der Waals surface area contributed by atoms with Crippen molar-refractivity contribution in [2.24, 2.45) is 11.1 Å². The van der Waals surface area contributed by atoms with Crippen LogP contribution in [0.2, 0.25) is 0 Å². The average Bonchev–Trinajstić information content (AvgIpc) is 3.43. The molecule has 1 saturated carbocycles. The zero-order valence-electron chi connectivity index (χ0n) is 18.6. The summed E-state index contributed by atoms with van der Waals surface area (Å²) in [6.07, 6.45) is 3.39. The Bertz CT molecular complexity index is 1330. The SMILES string of the molecule is COc1ccc(S(N)(=O)=O)cc1C(=O)NC1CCN(C(=O)c2cc3sccc3[nH]2)C(C2CC2)C1. The second-order valence-electron chi connectivity index (χ2n) is 8.89. The maximum atomic E-state index is 13.3. The molecule has 180 valence electrons. The van der Waals surface area contributed by atoms with Crippen LogP contribution < -0.4 is 15.2 Å². The molecule has 0 radical (unpaired) electrons. The minimum Gasteiger partial charge on any atom is -0.496 e. The molecule has 11 heteroatoms. The number of aromatic nitrogens is 1. The van der Waals surface area contributed by atoms with Crippen LogP contribution in [0, 0.1) is 5.92 Å². The number of carbonyl (C=O) groups excluding carboxylic acids is 2. The third kappa shape index (κ3) is 4.42. The summed E-state index contributed by atoms with van der Waals surface area (Å²) in [6, 6.07) is 7.74. The highest BCUT2D eigenvalue weighted by Gasteiger charge is 2.42. The quantitative estimate of drug-likeness (QED) is 0.476. The van der Waals surface area contributed by atoms with Crippen LogP contribution in [0.4, 0.5) is 0 Å². The van der Waals surface area contributed by atoms with E-state index in [9.17, 15) is 18.0 Å². The van der Waals surface area contributed by atoms with Crippen LogP contribution in [-0.4, -0.2) is 55.9 Å². The van der Waals surface area contributed by atoms with Crippen LogP contribution in [0.25, 0.3) is 10.2 Å². The summed E-state index contributed by atoms with van der Waals surface area (Å²) in [7, 11) is -2.54. The smallest absolute Gasteiger partial charge is 0.270 e. The lowest BCUT2D eigenvalue weighted by Crippen LogP contribution is -2.53. The van der Waals surface area contributed by atoms with E-state index in [1.807, 2.05) is 22.4 Å². The van der Waals surface area contributed by atoms with E-state index in [1.165, 1.54) is 25.3 Å². The molecule has 2 aliphatic rings. The fourth-order valence-electron chi connectivity index (χ4n) is 4.73. The highest BCUT2D eigenvalue weighted by atomic mass is 32.2. The van der Waals surface area contributed by atoms with Crippen molar-refractivity contribution in [2.75, 3.05) is 13.7 Å². The first-order chi connectivity index (χ1) is 16.2. The van der Waals surface area contributed by atoms with E-state index in [-0.39, 0.29) is 34.2 Å². The first kappa shape index (κ1) is 22.9. The number of fused-ring (bicyclic) bond motifs is 1. The van der Waals surface area contributed by atoms with Crippen molar-refractivity contribution < 1.29 is 22.7 Å². The highest BCUT2D eigenvalue weighted by Crippen LogP contribution is 2.40. The van der Waals surface area contributed by atoms with Crippen molar-refractivity contribution in [2.45, 2.75) is 42.7 Å². The van der Waals surface area contributed by atoms with E-state index in [1.54, 1.807) is 11.3 Å². The maximum absolute atomic E-state index is 13.3. The fraction of sp³-hybridized carbons (Fsp3) is 0.391. The molecule has 0 bridgehead atoms. The molecule has 34 heavy (non-hydrogen) atoms. The van der Waals surface area contributed by atoms with Gasteiger partial charge in [-0.05, 0) is 67.3 Å². The number of piperidine rings is 1. The average molecular weight is 503 g/mol. The number of amides is 2. The van der Waals surface area contributed by atoms with Gasteiger partial charge in [0.2, 0.25) is 10.0 Å². The van der Waals surface area contributed by atoms with Gasteiger partial charge in [-0.3, -0.25) is 9.59 Å². The molecule has 2 unspecified atom stereocenters. The number of aromatic amines is 1. The van der Waals surface area contributed by atoms with Crippen molar-refractivity contribution >= 4 is 43.4 Å². The lowest BCUT2D eigenvalue weighted by molar-refractivity contribution is 0.0530. The predicted molar refractivity (Wildman–Crippen MR) is 129 cm³/mol. The number of nitrogens with two attached hydrogens (primary N) is 1. The Morgan fingerprint density at radius 1 is 1.21 bits per heavy atom. The van der Waals surface area contributed by atoms with Gasteiger partial charge in [0.25, 0.3) is 11.8 Å². The van der Waals surface area contributed by atoms with Gasteiger partial charge in [-0.25, -0.2) is 13.6 Å². The molecule has 3 heterocycles. The fourth-order valence-corrected chi connectivity index (χ4v) is 6.05. The number of nitrogens with zero attached hydrogens (tertiary/aromatic N) is 1. The summed E-state index contributed by atoms with van der Waals surface area (Å²) >= 11 is 1.60. The molecule has 2 fully saturated rings. The standard InChI is InChI=1S/C23H26N4O5S2/c1-32-20-5-4-15(34(24,30)31)11-16(20)22(28)25-14-6-8-27(19(10-14)13-2-3-13)23(29)18-12-21-17(26-18)7-9-33-21/h4-5,7,9,11-14,19,26H,2-3,6,8,10H2,1H3,(H,25,28)(H2,24,30,31). The van der Waals surface area contributed by atoms with Crippen LogP contribution >= 0.6 is 11.3 Å². The number of H-pyrrole nitrogens is 1. The van der Waals surface area contributed by atoms with Crippen LogP contribution in [0.15, 0.2) is 40.6 Å². The Balaban J connectivity index is 1.32. The molecule has 4 N–H and O–H groups in total. The predicted octanol–water partition coefficient (Wildman–Crippen LogP) is 2.70. The molecule has 3 aromatic rings. The van der Waals surface area contributed by atoms with Gasteiger partial charge in [-0.15, -0.1) is 11.3 Å². The van der Waals surface area contributed by atoms with Crippen LogP contribution in [0.1, 0.15) is 46.5 Å². The normalized spacial score (nSPS) is 20.9. The van der Waals surface area contributed by atoms with Gasteiger partial charge in [-0.2, -0.15) is 0 Å². The molecule has 0 spiro atoms. The number of ether oxygens (including phenoxy) is 1. The van der Waals surface area contributed by atoms with Crippen molar-refractivity contribution in [1.29, 1.82) is 0 Å². The maximum Gasteiger partial charge on any atom is 0.270 e. The number of carbonyl (C=O) groups is 2. The Kier molecular flexibility index (Phi) is 5.86. The van der Waals surface area contributed by atoms with Crippen molar-refractivity contribution in [1.82, 2.24) is 15.2 Å². The van der Waals surface area contributed by atoms with Crippen LogP contribution in [0.5, 0.6) is 5.75 Å². The number of hydrogen-bond donors (Lipinski definition) is 3. The minimum atomic E-state index is -3.96. The summed E-state index contributed by atoms with van der Waals surface area (Å²) in [5.41, 5.74) is 1.68. The number of nitrogens with one attached hydrogen (secondary N) is 2. The zero-order chi connectivity index (χ0) is 24.0. The van der Waals surface area contributed by atoms with Gasteiger partial charge in [-0.1, -0.05) is 0 Å². The van der Waals surface area contributed by atoms with E-state index >= 15 is 0 Å². The Morgan fingerprint density at radius 3 is 2.68 bits per heavy atom. The zero-order valence-corrected chi connectivity index (χ0v) is 20.2. The van der Waals surface area contributed by atoms with E-state index in [0.717, 1.165) is 23.1 Å². The third-order valence-electron chi connectivity index (χ3n) is 6.62. The van der Waals surface area contributed by atoms with Gasteiger partial charge in [0, 0.05) is 18.6 Å². The molecular formula is C23H26N4O5S2. The first-order valence-corrected chi connectivity index (χ1v) is 13.6. The second-order valence-corrected chi connectivity index (χ2v) is 11.4. The van der Waals surface area contributed by atoms with Gasteiger partial charge in [0.05, 0.1) is 27.8 Å². The molecule has 9 nitrogen and oxygen atoms in total. The van der Waals surface area contributed by atoms with Gasteiger partial charge in [0.15, 0.2) is 0 Å². The molecule has 2 amide bonds. The molecule has 1 aliphatic carbocycles. The van der Waals surface area contributed by atoms with Gasteiger partial charge >= 0.3 is 0 Å². The topological polar surface area (TPSA) is 135 Å². The summed E-state index contributed by atoms with van der Waals surface area (Å²) in [4.78, 5) is 31.4. The van der Waals surface area contributed by atoms with Gasteiger partial charge in [0.1, 0.15) is 11.4 Å². The minimum absolute atomic E-state index is 0.00685. The largest absolute Gasteiger partial charge is 0.496 e. The lowest BCUT2D eigenvalue weighted by atomic mass is 9.93. The number of thiophene rings is 1. The number of rotatable bonds is 6. The molecule has 1 aromatic carbocycles. The molecule has 2 aromatic heterocycles. The Labute approximate surface area is 201 Å². The summed E-state index contributed by atoms with van der Waals surface area (Å²) in [5.74, 6) is 0.266.